The fourth-order valence-electron chi connectivity index (χ4n) is 3.69. The van der Waals surface area contributed by atoms with Crippen molar-refractivity contribution in [3.8, 4) is 16.9 Å². The maximum Gasteiger partial charge on any atom is 0.175 e. The molecule has 2 aromatic heterocycles. The van der Waals surface area contributed by atoms with Gasteiger partial charge in [-0.1, -0.05) is 26.0 Å². The largest absolute Gasteiger partial charge is 0.262 e. The van der Waals surface area contributed by atoms with Crippen LogP contribution in [0.25, 0.3) is 27.8 Å². The molecule has 0 N–H and O–H groups in total. The minimum atomic E-state index is -3.23. The molecule has 156 valence electrons. The highest BCUT2D eigenvalue weighted by Gasteiger charge is 2.16. The van der Waals surface area contributed by atoms with Crippen LogP contribution < -0.4 is 0 Å². The molecule has 6 nitrogen and oxygen atoms in total. The van der Waals surface area contributed by atoms with Crippen molar-refractivity contribution >= 4 is 20.7 Å². The molecule has 0 amide bonds. The maximum absolute atomic E-state index is 11.8. The molecule has 0 aliphatic heterocycles. The Morgan fingerprint density at radius 2 is 1.77 bits per heavy atom. The summed E-state index contributed by atoms with van der Waals surface area (Å²) in [5, 5.41) is 10.5. The van der Waals surface area contributed by atoms with E-state index in [-0.39, 0.29) is 0 Å². The Labute approximate surface area is 177 Å². The van der Waals surface area contributed by atoms with Gasteiger partial charge in [0.2, 0.25) is 0 Å². The zero-order valence-corrected chi connectivity index (χ0v) is 18.5. The molecule has 1 unspecified atom stereocenters. The lowest BCUT2D eigenvalue weighted by Gasteiger charge is -2.12. The molecule has 7 heteroatoms. The summed E-state index contributed by atoms with van der Waals surface area (Å²) in [5.74, 6) is 0. The lowest BCUT2D eigenvalue weighted by Crippen LogP contribution is -2.06. The van der Waals surface area contributed by atoms with Crippen molar-refractivity contribution in [2.24, 2.45) is 0 Å². The van der Waals surface area contributed by atoms with E-state index in [1.54, 1.807) is 30.5 Å². The average Bonchev–Trinajstić information content (AvgIpc) is 3.37. The van der Waals surface area contributed by atoms with E-state index in [2.05, 4.69) is 48.8 Å². The minimum absolute atomic E-state index is 0.297. The first-order chi connectivity index (χ1) is 14.3. The van der Waals surface area contributed by atoms with Gasteiger partial charge in [-0.15, -0.1) is 0 Å². The first kappa shape index (κ1) is 20.3. The SMILES string of the molecule is CCc1nn(C(C)CC)c2cc(-c3ccnn3-c3ccc(S(C)(=O)=O)cc3)ccc12. The highest BCUT2D eigenvalue weighted by molar-refractivity contribution is 7.90. The molecule has 1 atom stereocenters. The summed E-state index contributed by atoms with van der Waals surface area (Å²) in [6.45, 7) is 6.49. The van der Waals surface area contributed by atoms with Crippen molar-refractivity contribution in [1.82, 2.24) is 19.6 Å². The third-order valence-electron chi connectivity index (χ3n) is 5.58. The summed E-state index contributed by atoms with van der Waals surface area (Å²) in [6.07, 6.45) is 4.87. The summed E-state index contributed by atoms with van der Waals surface area (Å²) in [4.78, 5) is 0.297. The van der Waals surface area contributed by atoms with E-state index in [4.69, 9.17) is 5.10 Å². The minimum Gasteiger partial charge on any atom is -0.262 e. The quantitative estimate of drug-likeness (QED) is 0.446. The van der Waals surface area contributed by atoms with Gasteiger partial charge in [-0.2, -0.15) is 10.2 Å². The molecule has 0 fully saturated rings. The predicted octanol–water partition coefficient (Wildman–Crippen LogP) is 4.83. The van der Waals surface area contributed by atoms with Crippen molar-refractivity contribution in [3.63, 3.8) is 0 Å². The molecule has 0 aliphatic carbocycles. The lowest BCUT2D eigenvalue weighted by atomic mass is 10.1. The number of hydrogen-bond donors (Lipinski definition) is 0. The van der Waals surface area contributed by atoms with Crippen LogP contribution in [0.1, 0.15) is 38.9 Å². The fourth-order valence-corrected chi connectivity index (χ4v) is 4.33. The number of aromatic nitrogens is 4. The van der Waals surface area contributed by atoms with Gasteiger partial charge in [-0.3, -0.25) is 4.68 Å². The first-order valence-corrected chi connectivity index (χ1v) is 12.1. The van der Waals surface area contributed by atoms with E-state index in [1.807, 2.05) is 10.7 Å². The summed E-state index contributed by atoms with van der Waals surface area (Å²) in [7, 11) is -3.23. The highest BCUT2D eigenvalue weighted by atomic mass is 32.2. The number of nitrogens with zero attached hydrogens (tertiary/aromatic N) is 4. The van der Waals surface area contributed by atoms with Crippen LogP contribution in [0.5, 0.6) is 0 Å². The Bertz CT molecular complexity index is 1300. The van der Waals surface area contributed by atoms with E-state index in [0.717, 1.165) is 41.0 Å². The second-order valence-corrected chi connectivity index (χ2v) is 9.64. The molecule has 0 spiro atoms. The fraction of sp³-hybridized carbons (Fsp3) is 0.304. The van der Waals surface area contributed by atoms with Gasteiger partial charge in [0.15, 0.2) is 9.84 Å². The number of aryl methyl sites for hydroxylation is 1. The Hall–Kier alpha value is -2.93. The second kappa shape index (κ2) is 7.72. The van der Waals surface area contributed by atoms with Crippen molar-refractivity contribution < 1.29 is 8.42 Å². The smallest absolute Gasteiger partial charge is 0.175 e. The molecule has 2 aromatic carbocycles. The Morgan fingerprint density at radius 1 is 1.03 bits per heavy atom. The monoisotopic (exact) mass is 422 g/mol. The van der Waals surface area contributed by atoms with Crippen molar-refractivity contribution in [1.29, 1.82) is 0 Å². The summed E-state index contributed by atoms with van der Waals surface area (Å²) in [6, 6.07) is 15.5. The topological polar surface area (TPSA) is 69.8 Å². The third-order valence-corrected chi connectivity index (χ3v) is 6.70. The maximum atomic E-state index is 11.8. The van der Waals surface area contributed by atoms with Gasteiger partial charge in [0.1, 0.15) is 0 Å². The van der Waals surface area contributed by atoms with Crippen LogP contribution in [-0.2, 0) is 16.3 Å². The van der Waals surface area contributed by atoms with Gasteiger partial charge >= 0.3 is 0 Å². The van der Waals surface area contributed by atoms with E-state index in [9.17, 15) is 8.42 Å². The van der Waals surface area contributed by atoms with Crippen LogP contribution in [0.4, 0.5) is 0 Å². The van der Waals surface area contributed by atoms with Gasteiger partial charge in [-0.25, -0.2) is 13.1 Å². The van der Waals surface area contributed by atoms with Crippen LogP contribution in [-0.4, -0.2) is 34.2 Å². The molecule has 30 heavy (non-hydrogen) atoms. The molecule has 0 saturated carbocycles. The Balaban J connectivity index is 1.82. The Kier molecular flexibility index (Phi) is 5.24. The van der Waals surface area contributed by atoms with E-state index in [1.165, 1.54) is 11.6 Å². The predicted molar refractivity (Wildman–Crippen MR) is 120 cm³/mol. The van der Waals surface area contributed by atoms with Gasteiger partial charge in [-0.05, 0) is 56.2 Å². The van der Waals surface area contributed by atoms with Crippen LogP contribution in [0.2, 0.25) is 0 Å². The number of hydrogen-bond acceptors (Lipinski definition) is 4. The molecule has 0 saturated heterocycles. The van der Waals surface area contributed by atoms with Crippen molar-refractivity contribution in [3.05, 3.63) is 60.4 Å². The van der Waals surface area contributed by atoms with Gasteiger partial charge < -0.3 is 0 Å². The molecule has 2 heterocycles. The summed E-state index contributed by atoms with van der Waals surface area (Å²) < 4.78 is 27.5. The number of benzene rings is 2. The Morgan fingerprint density at radius 3 is 2.40 bits per heavy atom. The van der Waals surface area contributed by atoms with Crippen molar-refractivity contribution in [2.75, 3.05) is 6.26 Å². The third kappa shape index (κ3) is 3.54. The molecule has 0 bridgehead atoms. The van der Waals surface area contributed by atoms with Gasteiger partial charge in [0.25, 0.3) is 0 Å². The molecule has 0 radical (unpaired) electrons. The first-order valence-electron chi connectivity index (χ1n) is 10.2. The zero-order chi connectivity index (χ0) is 21.5. The summed E-state index contributed by atoms with van der Waals surface area (Å²) >= 11 is 0. The second-order valence-electron chi connectivity index (χ2n) is 7.63. The molecular formula is C23H26N4O2S. The van der Waals surface area contributed by atoms with Crippen LogP contribution in [0, 0.1) is 0 Å². The van der Waals surface area contributed by atoms with Crippen LogP contribution in [0.15, 0.2) is 59.6 Å². The van der Waals surface area contributed by atoms with E-state index >= 15 is 0 Å². The molecular weight excluding hydrogens is 396 g/mol. The molecule has 4 rings (SSSR count). The van der Waals surface area contributed by atoms with Crippen LogP contribution >= 0.6 is 0 Å². The van der Waals surface area contributed by atoms with Gasteiger partial charge in [0, 0.05) is 23.2 Å². The standard InChI is InChI=1S/C23H26N4O2S/c1-5-16(3)26-23-15-17(7-12-20(23)21(6-2)25-26)22-13-14-24-27(22)18-8-10-19(11-9-18)30(4,28)29/h7-16H,5-6H2,1-4H3. The highest BCUT2D eigenvalue weighted by Crippen LogP contribution is 2.30. The number of sulfone groups is 1. The number of fused-ring (bicyclic) bond motifs is 1. The normalized spacial score (nSPS) is 13.1. The van der Waals surface area contributed by atoms with Crippen molar-refractivity contribution in [2.45, 2.75) is 44.6 Å². The summed E-state index contributed by atoms with van der Waals surface area (Å²) in [5.41, 5.74) is 5.03. The molecule has 0 aliphatic rings. The average molecular weight is 423 g/mol. The molecule has 4 aromatic rings. The zero-order valence-electron chi connectivity index (χ0n) is 17.7. The number of rotatable bonds is 6. The lowest BCUT2D eigenvalue weighted by molar-refractivity contribution is 0.489. The van der Waals surface area contributed by atoms with E-state index in [0.29, 0.717) is 10.9 Å². The van der Waals surface area contributed by atoms with Gasteiger partial charge in [0.05, 0.1) is 33.7 Å². The van der Waals surface area contributed by atoms with Crippen LogP contribution in [0.3, 0.4) is 0 Å². The van der Waals surface area contributed by atoms with E-state index < -0.39 is 9.84 Å².